The van der Waals surface area contributed by atoms with Gasteiger partial charge < -0.3 is 0 Å². The van der Waals surface area contributed by atoms with Crippen molar-refractivity contribution in [1.29, 1.82) is 0 Å². The van der Waals surface area contributed by atoms with Crippen LogP contribution in [0.2, 0.25) is 0 Å². The third-order valence-electron chi connectivity index (χ3n) is 1.77. The van der Waals surface area contributed by atoms with Crippen molar-refractivity contribution >= 4 is 0 Å². The van der Waals surface area contributed by atoms with E-state index in [0.717, 1.165) is 6.42 Å². The van der Waals surface area contributed by atoms with Gasteiger partial charge >= 0.3 is 0 Å². The van der Waals surface area contributed by atoms with Gasteiger partial charge in [-0.15, -0.1) is 0 Å². The number of hydrogen-bond acceptors (Lipinski definition) is 0. The molecule has 0 nitrogen and oxygen atoms in total. The first kappa shape index (κ1) is 4.37. The normalized spacial score (nSPS) is 25.0. The highest BCUT2D eigenvalue weighted by atomic mass is 14.2. The van der Waals surface area contributed by atoms with Crippen LogP contribution in [0.3, 0.4) is 0 Å². The van der Waals surface area contributed by atoms with Crippen LogP contribution in [0.4, 0.5) is 0 Å². The maximum atomic E-state index is 3.31. The molecule has 0 aliphatic heterocycles. The third-order valence-corrected chi connectivity index (χ3v) is 1.77. The molecule has 0 fully saturated rings. The molecule has 0 amide bonds. The summed E-state index contributed by atoms with van der Waals surface area (Å²) in [5.74, 6) is 0. The molecule has 2 aliphatic carbocycles. The van der Waals surface area contributed by atoms with Gasteiger partial charge in [0.05, 0.1) is 0 Å². The Morgan fingerprint density at radius 1 is 1.50 bits per heavy atom. The van der Waals surface area contributed by atoms with E-state index in [-0.39, 0.29) is 0 Å². The quantitative estimate of drug-likeness (QED) is 0.441. The van der Waals surface area contributed by atoms with Crippen LogP contribution in [0.1, 0.15) is 19.3 Å². The zero-order valence-corrected chi connectivity index (χ0v) is 4.78. The average Bonchev–Trinajstić information content (AvgIpc) is 2.15. The van der Waals surface area contributed by atoms with E-state index in [0.29, 0.717) is 0 Å². The summed E-state index contributed by atoms with van der Waals surface area (Å²) in [7, 11) is 0. The van der Waals surface area contributed by atoms with Crippen LogP contribution in [0, 0.1) is 6.42 Å². The fraction of sp³-hybridized carbons (Fsp3) is 0.375. The number of rotatable bonds is 0. The average molecular weight is 104 g/mol. The second-order valence-electron chi connectivity index (χ2n) is 2.30. The van der Waals surface area contributed by atoms with Crippen molar-refractivity contribution in [3.63, 3.8) is 0 Å². The van der Waals surface area contributed by atoms with Crippen molar-refractivity contribution in [2.24, 2.45) is 0 Å². The molecular weight excluding hydrogens is 96.1 g/mol. The van der Waals surface area contributed by atoms with Crippen LogP contribution in [-0.2, 0) is 0 Å². The summed E-state index contributed by atoms with van der Waals surface area (Å²) < 4.78 is 0. The van der Waals surface area contributed by atoms with E-state index in [4.69, 9.17) is 0 Å². The van der Waals surface area contributed by atoms with Gasteiger partial charge in [-0.25, -0.2) is 0 Å². The van der Waals surface area contributed by atoms with Crippen LogP contribution in [-0.4, -0.2) is 0 Å². The fourth-order valence-electron chi connectivity index (χ4n) is 1.32. The lowest BCUT2D eigenvalue weighted by Crippen LogP contribution is -1.68. The molecule has 0 saturated carbocycles. The minimum Gasteiger partial charge on any atom is -0.0802 e. The van der Waals surface area contributed by atoms with Crippen LogP contribution in [0.15, 0.2) is 23.3 Å². The van der Waals surface area contributed by atoms with E-state index in [9.17, 15) is 0 Å². The van der Waals surface area contributed by atoms with Gasteiger partial charge in [-0.2, -0.15) is 0 Å². The van der Waals surface area contributed by atoms with Gasteiger partial charge in [0.2, 0.25) is 0 Å². The predicted octanol–water partition coefficient (Wildman–Crippen LogP) is 2.12. The third kappa shape index (κ3) is 0.459. The van der Waals surface area contributed by atoms with E-state index < -0.39 is 0 Å². The molecule has 2 radical (unpaired) electrons. The van der Waals surface area contributed by atoms with Gasteiger partial charge in [0.15, 0.2) is 0 Å². The smallest absolute Gasteiger partial charge is 0.0167 e. The molecule has 40 valence electrons. The molecule has 0 aromatic heterocycles. The van der Waals surface area contributed by atoms with Crippen molar-refractivity contribution in [3.8, 4) is 0 Å². The summed E-state index contributed by atoms with van der Waals surface area (Å²) in [6, 6.07) is 0. The summed E-state index contributed by atoms with van der Waals surface area (Å²) in [4.78, 5) is 0. The van der Waals surface area contributed by atoms with Gasteiger partial charge in [0.25, 0.3) is 0 Å². The van der Waals surface area contributed by atoms with Gasteiger partial charge in [0.1, 0.15) is 0 Å². The van der Waals surface area contributed by atoms with Gasteiger partial charge in [-0.1, -0.05) is 17.7 Å². The van der Waals surface area contributed by atoms with Crippen molar-refractivity contribution in [1.82, 2.24) is 0 Å². The Hall–Kier alpha value is -0.520. The lowest BCUT2D eigenvalue weighted by molar-refractivity contribution is 0.973. The highest BCUT2D eigenvalue weighted by molar-refractivity contribution is 5.42. The molecule has 0 bridgehead atoms. The van der Waals surface area contributed by atoms with Crippen molar-refractivity contribution in [3.05, 3.63) is 29.7 Å². The van der Waals surface area contributed by atoms with Crippen LogP contribution < -0.4 is 0 Å². The number of hydrogen-bond donors (Lipinski definition) is 0. The highest BCUT2D eigenvalue weighted by Gasteiger charge is 2.14. The molecule has 8 heavy (non-hydrogen) atoms. The maximum Gasteiger partial charge on any atom is 0.0167 e. The topological polar surface area (TPSA) is 0 Å². The first-order valence-electron chi connectivity index (χ1n) is 3.09. The van der Waals surface area contributed by atoms with Crippen LogP contribution in [0.5, 0.6) is 0 Å². The Labute approximate surface area is 49.9 Å². The molecule has 0 aromatic rings. The van der Waals surface area contributed by atoms with Crippen molar-refractivity contribution in [2.45, 2.75) is 19.3 Å². The zero-order valence-electron chi connectivity index (χ0n) is 4.78. The molecule has 0 atom stereocenters. The molecule has 0 N–H and O–H groups in total. The maximum absolute atomic E-state index is 3.31. The Balaban J connectivity index is 2.33. The summed E-state index contributed by atoms with van der Waals surface area (Å²) in [5, 5.41) is 0. The van der Waals surface area contributed by atoms with E-state index >= 15 is 0 Å². The Morgan fingerprint density at radius 3 is 3.38 bits per heavy atom. The lowest BCUT2D eigenvalue weighted by Gasteiger charge is -1.88. The summed E-state index contributed by atoms with van der Waals surface area (Å²) in [6.45, 7) is 0. The van der Waals surface area contributed by atoms with E-state index in [1.54, 1.807) is 5.57 Å². The Kier molecular flexibility index (Phi) is 0.806. The first-order chi connectivity index (χ1) is 3.97. The van der Waals surface area contributed by atoms with Gasteiger partial charge in [-0.3, -0.25) is 0 Å². The van der Waals surface area contributed by atoms with E-state index in [2.05, 4.69) is 18.6 Å². The molecule has 0 saturated heterocycles. The highest BCUT2D eigenvalue weighted by Crippen LogP contribution is 2.32. The van der Waals surface area contributed by atoms with Gasteiger partial charge in [-0.05, 0) is 24.8 Å². The largest absolute Gasteiger partial charge is 0.0802 e. The molecule has 0 heteroatoms. The van der Waals surface area contributed by atoms with Crippen LogP contribution in [0.25, 0.3) is 0 Å². The van der Waals surface area contributed by atoms with Crippen LogP contribution >= 0.6 is 0 Å². The van der Waals surface area contributed by atoms with Gasteiger partial charge in [0, 0.05) is 6.42 Å². The molecule has 0 spiro atoms. The predicted molar refractivity (Wildman–Crippen MR) is 33.3 cm³/mol. The molecule has 2 aliphatic rings. The monoisotopic (exact) mass is 104 g/mol. The molecular formula is C8H8. The second kappa shape index (κ2) is 1.48. The molecule has 0 heterocycles. The minimum absolute atomic E-state index is 1.16. The summed E-state index contributed by atoms with van der Waals surface area (Å²) in [5.41, 5.74) is 3.00. The summed E-state index contributed by atoms with van der Waals surface area (Å²) >= 11 is 0. The SMILES string of the molecule is [C]1CCC2=C1C=CC2. The first-order valence-corrected chi connectivity index (χ1v) is 3.09. The Morgan fingerprint density at radius 2 is 2.50 bits per heavy atom. The van der Waals surface area contributed by atoms with E-state index in [1.165, 1.54) is 18.4 Å². The summed E-state index contributed by atoms with van der Waals surface area (Å²) in [6.07, 6.45) is 11.3. The molecule has 2 rings (SSSR count). The standard InChI is InChI=1S/C8H8/c1-3-7-5-2-6-8(7)4-1/h1,3H,2,4,6H2. The zero-order chi connectivity index (χ0) is 5.40. The second-order valence-corrected chi connectivity index (χ2v) is 2.30. The minimum atomic E-state index is 1.16. The van der Waals surface area contributed by atoms with Crippen molar-refractivity contribution < 1.29 is 0 Å². The molecule has 0 aromatic carbocycles. The van der Waals surface area contributed by atoms with Crippen molar-refractivity contribution in [2.75, 3.05) is 0 Å². The Bertz CT molecular complexity index is 161. The fourth-order valence-corrected chi connectivity index (χ4v) is 1.32. The number of allylic oxidation sites excluding steroid dienone is 4. The lowest BCUT2D eigenvalue weighted by atomic mass is 10.2. The van der Waals surface area contributed by atoms with E-state index in [1.807, 2.05) is 0 Å². The molecule has 0 unspecified atom stereocenters.